The number of benzene rings is 2. The molecule has 4 aromatic rings. The van der Waals surface area contributed by atoms with Crippen LogP contribution in [-0.2, 0) is 11.8 Å². The maximum Gasteiger partial charge on any atom is 0.247 e. The van der Waals surface area contributed by atoms with E-state index in [4.69, 9.17) is 0 Å². The zero-order chi connectivity index (χ0) is 22.0. The van der Waals surface area contributed by atoms with Gasteiger partial charge in [-0.1, -0.05) is 24.8 Å². The highest BCUT2D eigenvalue weighted by atomic mass is 16.1. The number of fused-ring (bicyclic) bond motifs is 1. The van der Waals surface area contributed by atoms with Crippen LogP contribution in [0.4, 0.5) is 28.8 Å². The molecule has 0 aliphatic rings. The Morgan fingerprint density at radius 1 is 1.03 bits per heavy atom. The summed E-state index contributed by atoms with van der Waals surface area (Å²) in [6, 6.07) is 13.4. The molecule has 0 bridgehead atoms. The average Bonchev–Trinajstić information content (AvgIpc) is 3.07. The normalized spacial score (nSPS) is 10.7. The van der Waals surface area contributed by atoms with Crippen LogP contribution in [0.1, 0.15) is 11.1 Å². The van der Waals surface area contributed by atoms with E-state index in [2.05, 4.69) is 63.6 Å². The van der Waals surface area contributed by atoms with E-state index in [0.717, 1.165) is 27.9 Å². The van der Waals surface area contributed by atoms with Gasteiger partial charge in [-0.2, -0.15) is 10.1 Å². The van der Waals surface area contributed by atoms with Gasteiger partial charge in [-0.3, -0.25) is 4.79 Å². The first-order valence-electron chi connectivity index (χ1n) is 9.78. The third-order valence-corrected chi connectivity index (χ3v) is 4.90. The van der Waals surface area contributed by atoms with E-state index in [0.29, 0.717) is 23.1 Å². The van der Waals surface area contributed by atoms with Crippen LogP contribution in [0, 0.1) is 13.8 Å². The van der Waals surface area contributed by atoms with E-state index in [9.17, 15) is 4.79 Å². The fraction of sp³-hybridized carbons (Fsp3) is 0.130. The van der Waals surface area contributed by atoms with E-state index < -0.39 is 0 Å². The van der Waals surface area contributed by atoms with Crippen molar-refractivity contribution in [2.75, 3.05) is 16.0 Å². The Hall–Kier alpha value is -4.20. The molecule has 2 aromatic heterocycles. The van der Waals surface area contributed by atoms with Crippen LogP contribution in [0.25, 0.3) is 11.0 Å². The second kappa shape index (κ2) is 8.27. The molecule has 2 aromatic carbocycles. The number of carbonyl (C=O) groups excluding carboxylic acids is 1. The van der Waals surface area contributed by atoms with Gasteiger partial charge in [-0.25, -0.2) is 9.67 Å². The number of para-hydroxylation sites is 1. The highest BCUT2D eigenvalue weighted by Gasteiger charge is 2.14. The van der Waals surface area contributed by atoms with Crippen LogP contribution in [0.3, 0.4) is 0 Å². The molecule has 31 heavy (non-hydrogen) atoms. The van der Waals surface area contributed by atoms with Crippen molar-refractivity contribution in [2.45, 2.75) is 13.8 Å². The minimum Gasteiger partial charge on any atom is -0.338 e. The van der Waals surface area contributed by atoms with E-state index in [1.165, 1.54) is 6.08 Å². The summed E-state index contributed by atoms with van der Waals surface area (Å²) in [6.07, 6.45) is 2.99. The molecule has 3 N–H and O–H groups in total. The second-order valence-electron chi connectivity index (χ2n) is 7.19. The topological polar surface area (TPSA) is 96.8 Å². The second-order valence-corrected chi connectivity index (χ2v) is 7.19. The number of nitrogens with one attached hydrogen (secondary N) is 3. The molecule has 0 aliphatic carbocycles. The van der Waals surface area contributed by atoms with Crippen molar-refractivity contribution in [1.82, 2.24) is 19.7 Å². The Labute approximate surface area is 180 Å². The number of hydrogen-bond donors (Lipinski definition) is 3. The summed E-state index contributed by atoms with van der Waals surface area (Å²) in [5, 5.41) is 14.7. The van der Waals surface area contributed by atoms with Crippen LogP contribution in [0.5, 0.6) is 0 Å². The van der Waals surface area contributed by atoms with Gasteiger partial charge >= 0.3 is 0 Å². The molecule has 0 spiro atoms. The van der Waals surface area contributed by atoms with Crippen molar-refractivity contribution in [1.29, 1.82) is 0 Å². The maximum atomic E-state index is 11.4. The number of rotatable bonds is 6. The van der Waals surface area contributed by atoms with Gasteiger partial charge in [0.05, 0.1) is 5.39 Å². The number of aromatic nitrogens is 4. The Kier molecular flexibility index (Phi) is 5.36. The predicted octanol–water partition coefficient (Wildman–Crippen LogP) is 4.59. The molecule has 0 radical (unpaired) electrons. The Morgan fingerprint density at radius 2 is 1.71 bits per heavy atom. The zero-order valence-electron chi connectivity index (χ0n) is 17.6. The summed E-state index contributed by atoms with van der Waals surface area (Å²) in [6.45, 7) is 7.57. The van der Waals surface area contributed by atoms with Crippen LogP contribution in [-0.4, -0.2) is 25.7 Å². The van der Waals surface area contributed by atoms with Crippen molar-refractivity contribution in [3.63, 3.8) is 0 Å². The first kappa shape index (κ1) is 20.1. The zero-order valence-corrected chi connectivity index (χ0v) is 17.6. The molecule has 0 saturated heterocycles. The lowest BCUT2D eigenvalue weighted by atomic mass is 10.1. The third-order valence-electron chi connectivity index (χ3n) is 4.90. The highest BCUT2D eigenvalue weighted by molar-refractivity contribution is 5.99. The van der Waals surface area contributed by atoms with E-state index >= 15 is 0 Å². The molecule has 8 heteroatoms. The van der Waals surface area contributed by atoms with Crippen LogP contribution in [0.2, 0.25) is 0 Å². The fourth-order valence-electron chi connectivity index (χ4n) is 3.28. The molecule has 1 amide bonds. The minimum absolute atomic E-state index is 0.254. The monoisotopic (exact) mass is 413 g/mol. The van der Waals surface area contributed by atoms with Gasteiger partial charge in [-0.15, -0.1) is 0 Å². The smallest absolute Gasteiger partial charge is 0.247 e. The third kappa shape index (κ3) is 4.23. The predicted molar refractivity (Wildman–Crippen MR) is 124 cm³/mol. The largest absolute Gasteiger partial charge is 0.338 e. The summed E-state index contributed by atoms with van der Waals surface area (Å²) in [5.74, 6) is 0.914. The molecule has 0 aliphatic heterocycles. The Bertz CT molecular complexity index is 1260. The van der Waals surface area contributed by atoms with Crippen LogP contribution in [0.15, 0.2) is 61.3 Å². The SMILES string of the molecule is C=CC(=O)Nc1ccc(Nc2ncc3c(Nc4c(C)cccc4C)nn(C)c3n2)cc1. The molecule has 0 atom stereocenters. The van der Waals surface area contributed by atoms with Crippen molar-refractivity contribution in [3.8, 4) is 0 Å². The lowest BCUT2D eigenvalue weighted by molar-refractivity contribution is -0.111. The number of aryl methyl sites for hydroxylation is 3. The number of carbonyl (C=O) groups is 1. The van der Waals surface area contributed by atoms with Gasteiger partial charge < -0.3 is 16.0 Å². The molecule has 156 valence electrons. The molecule has 8 nitrogen and oxygen atoms in total. The average molecular weight is 413 g/mol. The summed E-state index contributed by atoms with van der Waals surface area (Å²) < 4.78 is 1.73. The maximum absolute atomic E-state index is 11.4. The lowest BCUT2D eigenvalue weighted by Crippen LogP contribution is -2.07. The first-order valence-corrected chi connectivity index (χ1v) is 9.78. The fourth-order valence-corrected chi connectivity index (χ4v) is 3.28. The molecule has 2 heterocycles. The standard InChI is InChI=1S/C23H23N7O/c1-5-19(31)25-16-9-11-17(12-10-16)26-23-24-13-18-21(29-30(4)22(18)28-23)27-20-14(2)7-6-8-15(20)3/h5-13H,1H2,2-4H3,(H,25,31)(H,27,29)(H,24,26,28). The molecule has 0 saturated carbocycles. The Balaban J connectivity index is 1.57. The molecule has 4 rings (SSSR count). The number of anilines is 5. The van der Waals surface area contributed by atoms with Crippen molar-refractivity contribution in [2.24, 2.45) is 7.05 Å². The quantitative estimate of drug-likeness (QED) is 0.400. The van der Waals surface area contributed by atoms with Gasteiger partial charge in [0.25, 0.3) is 0 Å². The highest BCUT2D eigenvalue weighted by Crippen LogP contribution is 2.28. The number of nitrogens with zero attached hydrogens (tertiary/aromatic N) is 4. The van der Waals surface area contributed by atoms with E-state index in [-0.39, 0.29) is 5.91 Å². The van der Waals surface area contributed by atoms with Crippen molar-refractivity contribution in [3.05, 3.63) is 72.4 Å². The van der Waals surface area contributed by atoms with Gasteiger partial charge in [0.15, 0.2) is 11.5 Å². The van der Waals surface area contributed by atoms with E-state index in [1.807, 2.05) is 25.2 Å². The van der Waals surface area contributed by atoms with Gasteiger partial charge in [0.2, 0.25) is 11.9 Å². The van der Waals surface area contributed by atoms with Crippen molar-refractivity contribution >= 4 is 45.8 Å². The van der Waals surface area contributed by atoms with Crippen LogP contribution >= 0.6 is 0 Å². The molecule has 0 fully saturated rings. The van der Waals surface area contributed by atoms with E-state index in [1.54, 1.807) is 23.0 Å². The van der Waals surface area contributed by atoms with Gasteiger partial charge in [0, 0.05) is 30.3 Å². The van der Waals surface area contributed by atoms with Crippen LogP contribution < -0.4 is 16.0 Å². The van der Waals surface area contributed by atoms with Gasteiger partial charge in [0.1, 0.15) is 0 Å². The summed E-state index contributed by atoms with van der Waals surface area (Å²) in [7, 11) is 1.85. The number of hydrogen-bond acceptors (Lipinski definition) is 6. The molecular formula is C23H23N7O. The first-order chi connectivity index (χ1) is 14.9. The molecular weight excluding hydrogens is 390 g/mol. The summed E-state index contributed by atoms with van der Waals surface area (Å²) in [4.78, 5) is 20.5. The molecule has 0 unspecified atom stereocenters. The van der Waals surface area contributed by atoms with Crippen molar-refractivity contribution < 1.29 is 4.79 Å². The minimum atomic E-state index is -0.254. The Morgan fingerprint density at radius 3 is 2.39 bits per heavy atom. The lowest BCUT2D eigenvalue weighted by Gasteiger charge is -2.10. The van der Waals surface area contributed by atoms with Gasteiger partial charge in [-0.05, 0) is 55.3 Å². The summed E-state index contributed by atoms with van der Waals surface area (Å²) >= 11 is 0. The number of amides is 1. The summed E-state index contributed by atoms with van der Waals surface area (Å²) in [5.41, 5.74) is 5.51.